The van der Waals surface area contributed by atoms with Gasteiger partial charge in [-0.2, -0.15) is 5.26 Å². The quantitative estimate of drug-likeness (QED) is 0.173. The zero-order valence-electron chi connectivity index (χ0n) is 23.1. The number of esters is 1. The fourth-order valence-corrected chi connectivity index (χ4v) is 4.05. The van der Waals surface area contributed by atoms with Crippen LogP contribution < -0.4 is 15.4 Å². The molecule has 1 aromatic heterocycles. The number of amides is 1. The lowest BCUT2D eigenvalue weighted by molar-refractivity contribution is -0.115. The van der Waals surface area contributed by atoms with Crippen LogP contribution in [0.1, 0.15) is 27.0 Å². The number of ether oxygens (including phenoxy) is 3. The number of methoxy groups -OCH3 is 2. The van der Waals surface area contributed by atoms with Crippen molar-refractivity contribution in [1.82, 2.24) is 4.98 Å². The fourth-order valence-electron chi connectivity index (χ4n) is 4.05. The van der Waals surface area contributed by atoms with Crippen molar-refractivity contribution in [2.24, 2.45) is 0 Å². The van der Waals surface area contributed by atoms with Gasteiger partial charge in [0.15, 0.2) is 0 Å². The number of benzene rings is 3. The van der Waals surface area contributed by atoms with E-state index in [0.717, 1.165) is 11.1 Å². The van der Waals surface area contributed by atoms with E-state index < -0.39 is 11.8 Å². The molecule has 9 nitrogen and oxygen atoms in total. The third-order valence-corrected chi connectivity index (χ3v) is 6.23. The molecule has 0 atom stereocenters. The highest BCUT2D eigenvalue weighted by Gasteiger charge is 2.13. The predicted octanol–water partition coefficient (Wildman–Crippen LogP) is 5.36. The molecule has 10 heteroatoms. The Hall–Kier alpha value is -5.27. The summed E-state index contributed by atoms with van der Waals surface area (Å²) in [5, 5.41) is 15.0. The van der Waals surface area contributed by atoms with Gasteiger partial charge in [-0.3, -0.25) is 4.79 Å². The summed E-state index contributed by atoms with van der Waals surface area (Å²) in [5.41, 5.74) is 4.29. The SMILES string of the molecule is COCCNc1cc(C(=O)OC)ccc1NC(=O)Cc1ccc(-c2cccc(OCc3ccc(C#N)cc3F)n2)cc1. The van der Waals surface area contributed by atoms with Gasteiger partial charge in [0.25, 0.3) is 0 Å². The Bertz CT molecular complexity index is 1600. The van der Waals surface area contributed by atoms with Crippen LogP contribution in [0.5, 0.6) is 5.88 Å². The van der Waals surface area contributed by atoms with E-state index in [2.05, 4.69) is 15.6 Å². The average Bonchev–Trinajstić information content (AvgIpc) is 3.01. The molecule has 0 saturated heterocycles. The highest BCUT2D eigenvalue weighted by Crippen LogP contribution is 2.25. The van der Waals surface area contributed by atoms with Crippen molar-refractivity contribution in [3.05, 3.63) is 107 Å². The van der Waals surface area contributed by atoms with Gasteiger partial charge in [-0.15, -0.1) is 0 Å². The molecule has 214 valence electrons. The first-order valence-corrected chi connectivity index (χ1v) is 13.0. The molecule has 0 spiro atoms. The van der Waals surface area contributed by atoms with Crippen LogP contribution in [0.2, 0.25) is 0 Å². The molecular formula is C32H29FN4O5. The molecule has 0 saturated carbocycles. The van der Waals surface area contributed by atoms with Gasteiger partial charge in [0.1, 0.15) is 12.4 Å². The number of nitriles is 1. The molecule has 1 amide bonds. The van der Waals surface area contributed by atoms with Gasteiger partial charge in [0, 0.05) is 30.8 Å². The molecule has 42 heavy (non-hydrogen) atoms. The van der Waals surface area contributed by atoms with E-state index in [-0.39, 0.29) is 24.5 Å². The number of hydrogen-bond donors (Lipinski definition) is 2. The maximum Gasteiger partial charge on any atom is 0.337 e. The van der Waals surface area contributed by atoms with Crippen molar-refractivity contribution in [3.8, 4) is 23.2 Å². The lowest BCUT2D eigenvalue weighted by Crippen LogP contribution is -2.17. The second-order valence-corrected chi connectivity index (χ2v) is 9.16. The van der Waals surface area contributed by atoms with Crippen molar-refractivity contribution in [2.75, 3.05) is 38.0 Å². The van der Waals surface area contributed by atoms with Gasteiger partial charge in [0.05, 0.1) is 54.4 Å². The Balaban J connectivity index is 1.39. The number of nitrogens with one attached hydrogen (secondary N) is 2. The molecule has 0 aliphatic heterocycles. The maximum absolute atomic E-state index is 14.2. The Kier molecular flexibility index (Phi) is 10.2. The zero-order chi connectivity index (χ0) is 29.9. The summed E-state index contributed by atoms with van der Waals surface area (Å²) in [5.74, 6) is -0.893. The van der Waals surface area contributed by atoms with Crippen LogP contribution in [0.15, 0.2) is 78.9 Å². The average molecular weight is 569 g/mol. The molecule has 0 radical (unpaired) electrons. The second-order valence-electron chi connectivity index (χ2n) is 9.16. The lowest BCUT2D eigenvalue weighted by Gasteiger charge is -2.14. The Labute approximate surface area is 242 Å². The summed E-state index contributed by atoms with van der Waals surface area (Å²) < 4.78 is 29.7. The molecule has 0 aliphatic carbocycles. The maximum atomic E-state index is 14.2. The number of nitrogens with zero attached hydrogens (tertiary/aromatic N) is 2. The summed E-state index contributed by atoms with van der Waals surface area (Å²) >= 11 is 0. The minimum absolute atomic E-state index is 0.0307. The van der Waals surface area contributed by atoms with E-state index in [4.69, 9.17) is 19.5 Å². The van der Waals surface area contributed by atoms with Crippen LogP contribution in [0.3, 0.4) is 0 Å². The molecule has 0 aliphatic rings. The van der Waals surface area contributed by atoms with Crippen molar-refractivity contribution in [1.29, 1.82) is 5.26 Å². The van der Waals surface area contributed by atoms with Crippen molar-refractivity contribution < 1.29 is 28.2 Å². The largest absolute Gasteiger partial charge is 0.473 e. The summed E-state index contributed by atoms with van der Waals surface area (Å²) in [4.78, 5) is 29.3. The van der Waals surface area contributed by atoms with Gasteiger partial charge in [-0.1, -0.05) is 36.4 Å². The van der Waals surface area contributed by atoms with Crippen LogP contribution in [-0.2, 0) is 27.3 Å². The molecule has 3 aromatic carbocycles. The minimum atomic E-state index is -0.512. The number of anilines is 2. The topological polar surface area (TPSA) is 123 Å². The smallest absolute Gasteiger partial charge is 0.337 e. The lowest BCUT2D eigenvalue weighted by atomic mass is 10.1. The molecule has 0 bridgehead atoms. The summed E-state index contributed by atoms with van der Waals surface area (Å²) in [7, 11) is 2.89. The van der Waals surface area contributed by atoms with Gasteiger partial charge in [-0.25, -0.2) is 14.2 Å². The molecule has 0 unspecified atom stereocenters. The fraction of sp³-hybridized carbons (Fsp3) is 0.188. The van der Waals surface area contributed by atoms with E-state index in [1.54, 1.807) is 37.4 Å². The van der Waals surface area contributed by atoms with E-state index >= 15 is 0 Å². The summed E-state index contributed by atoms with van der Waals surface area (Å²) in [6.45, 7) is 0.900. The number of rotatable bonds is 12. The molecule has 4 rings (SSSR count). The number of carbonyl (C=O) groups is 2. The molecule has 1 heterocycles. The van der Waals surface area contributed by atoms with Crippen molar-refractivity contribution >= 4 is 23.3 Å². The Morgan fingerprint density at radius 1 is 0.976 bits per heavy atom. The van der Waals surface area contributed by atoms with E-state index in [1.807, 2.05) is 36.4 Å². The molecule has 2 N–H and O–H groups in total. The normalized spacial score (nSPS) is 10.4. The van der Waals surface area contributed by atoms with E-state index in [1.165, 1.54) is 25.3 Å². The van der Waals surface area contributed by atoms with E-state index in [9.17, 15) is 14.0 Å². The Morgan fingerprint density at radius 2 is 1.79 bits per heavy atom. The molecular weight excluding hydrogens is 539 g/mol. The standard InChI is InChI=1S/C32H29FN4O5/c1-40-15-14-35-29-18-24(32(39)41-2)12-13-28(29)36-30(38)17-21-6-9-23(10-7-21)27-4-3-5-31(37-27)42-20-25-11-8-22(19-34)16-26(25)33/h3-13,16,18,35H,14-15,17,20H2,1-2H3,(H,36,38). The van der Waals surface area contributed by atoms with Crippen LogP contribution in [0.4, 0.5) is 15.8 Å². The van der Waals surface area contributed by atoms with Crippen molar-refractivity contribution in [3.63, 3.8) is 0 Å². The summed E-state index contributed by atoms with van der Waals surface area (Å²) in [6.07, 6.45) is 0.128. The third-order valence-electron chi connectivity index (χ3n) is 6.23. The predicted molar refractivity (Wildman–Crippen MR) is 156 cm³/mol. The zero-order valence-corrected chi connectivity index (χ0v) is 23.1. The monoisotopic (exact) mass is 568 g/mol. The van der Waals surface area contributed by atoms with Gasteiger partial charge < -0.3 is 24.8 Å². The van der Waals surface area contributed by atoms with Gasteiger partial charge in [0.2, 0.25) is 11.8 Å². The molecule has 4 aromatic rings. The van der Waals surface area contributed by atoms with Crippen LogP contribution in [0.25, 0.3) is 11.3 Å². The van der Waals surface area contributed by atoms with Gasteiger partial charge >= 0.3 is 5.97 Å². The van der Waals surface area contributed by atoms with Gasteiger partial charge in [-0.05, 0) is 42.0 Å². The Morgan fingerprint density at radius 3 is 2.50 bits per heavy atom. The first-order chi connectivity index (χ1) is 20.4. The first-order valence-electron chi connectivity index (χ1n) is 13.0. The number of carbonyl (C=O) groups excluding carboxylic acids is 2. The van der Waals surface area contributed by atoms with Crippen molar-refractivity contribution in [2.45, 2.75) is 13.0 Å². The summed E-state index contributed by atoms with van der Waals surface area (Å²) in [6, 6.07) is 23.7. The van der Waals surface area contributed by atoms with Crippen LogP contribution >= 0.6 is 0 Å². The number of pyridine rings is 1. The number of halogens is 1. The highest BCUT2D eigenvalue weighted by atomic mass is 19.1. The minimum Gasteiger partial charge on any atom is -0.473 e. The van der Waals surface area contributed by atoms with E-state index in [0.29, 0.717) is 47.2 Å². The number of hydrogen-bond acceptors (Lipinski definition) is 8. The first kappa shape index (κ1) is 29.7. The second kappa shape index (κ2) is 14.4. The highest BCUT2D eigenvalue weighted by molar-refractivity contribution is 5.98. The number of aromatic nitrogens is 1. The van der Waals surface area contributed by atoms with Crippen LogP contribution in [0, 0.1) is 17.1 Å². The van der Waals surface area contributed by atoms with Crippen LogP contribution in [-0.4, -0.2) is 44.2 Å². The third kappa shape index (κ3) is 7.90. The molecule has 0 fully saturated rings.